The van der Waals surface area contributed by atoms with E-state index >= 15 is 0 Å². The van der Waals surface area contributed by atoms with Gasteiger partial charge in [0.05, 0.1) is 33.2 Å². The molecule has 5 heteroatoms. The van der Waals surface area contributed by atoms with E-state index in [2.05, 4.69) is 26.0 Å². The highest BCUT2D eigenvalue weighted by Gasteiger charge is 2.27. The molecule has 0 saturated carbocycles. The Hall–Kier alpha value is -2.13. The van der Waals surface area contributed by atoms with Gasteiger partial charge in [0.2, 0.25) is 0 Å². The maximum Gasteiger partial charge on any atom is 0.198 e. The highest BCUT2D eigenvalue weighted by atomic mass is 31.2. The van der Waals surface area contributed by atoms with Crippen molar-refractivity contribution in [2.75, 3.05) is 33.2 Å². The summed E-state index contributed by atoms with van der Waals surface area (Å²) in [6.07, 6.45) is 0. The average Bonchev–Trinajstić information content (AvgIpc) is 2.74. The summed E-state index contributed by atoms with van der Waals surface area (Å²) in [4.78, 5) is 0. The number of quaternary nitrogens is 1. The smallest absolute Gasteiger partial charge is 0.198 e. The van der Waals surface area contributed by atoms with Crippen LogP contribution in [0, 0.1) is 0 Å². The number of hydrogen-bond donors (Lipinski definition) is 1. The first-order valence-corrected chi connectivity index (χ1v) is 11.7. The summed E-state index contributed by atoms with van der Waals surface area (Å²) < 4.78 is 20.8. The number of hydrogen-bond acceptors (Lipinski definition) is 2. The highest BCUT2D eigenvalue weighted by molar-refractivity contribution is 7.68. The topological polar surface area (TPSA) is 38.3 Å². The van der Waals surface area contributed by atoms with Crippen LogP contribution in [-0.2, 0) is 9.30 Å². The maximum absolute atomic E-state index is 13.7. The van der Waals surface area contributed by atoms with Gasteiger partial charge in [-0.05, 0) is 13.8 Å². The molecule has 3 rings (SSSR count). The van der Waals surface area contributed by atoms with Gasteiger partial charge < -0.3 is 9.22 Å². The van der Waals surface area contributed by atoms with Crippen molar-refractivity contribution in [1.82, 2.24) is 5.09 Å². The molecular weight excluding hydrogens is 367 g/mol. The van der Waals surface area contributed by atoms with Gasteiger partial charge in [-0.1, -0.05) is 60.7 Å². The summed E-state index contributed by atoms with van der Waals surface area (Å²) in [5, 5.41) is 3.33. The molecule has 148 valence electrons. The van der Waals surface area contributed by atoms with Gasteiger partial charge in [-0.2, -0.15) is 0 Å². The van der Waals surface area contributed by atoms with Crippen molar-refractivity contribution in [2.45, 2.75) is 13.8 Å². The molecule has 0 radical (unpaired) electrons. The molecule has 28 heavy (non-hydrogen) atoms. The molecule has 0 amide bonds. The van der Waals surface area contributed by atoms with Crippen molar-refractivity contribution in [2.24, 2.45) is 0 Å². The highest BCUT2D eigenvalue weighted by Crippen LogP contribution is 2.53. The zero-order chi connectivity index (χ0) is 20.0. The van der Waals surface area contributed by atoms with E-state index < -0.39 is 7.29 Å². The molecule has 0 saturated heterocycles. The quantitative estimate of drug-likeness (QED) is 0.481. The molecule has 1 N–H and O–H groups in total. The second-order valence-electron chi connectivity index (χ2n) is 7.41. The van der Waals surface area contributed by atoms with E-state index in [1.807, 2.05) is 60.7 Å². The molecule has 2 aromatic carbocycles. The van der Waals surface area contributed by atoms with E-state index in [1.54, 1.807) is 11.6 Å². The van der Waals surface area contributed by atoms with Crippen LogP contribution in [0.1, 0.15) is 25.0 Å². The van der Waals surface area contributed by atoms with Gasteiger partial charge in [0.25, 0.3) is 0 Å². The van der Waals surface area contributed by atoms with E-state index in [9.17, 15) is 4.57 Å². The van der Waals surface area contributed by atoms with Gasteiger partial charge >= 0.3 is 0 Å². The second kappa shape index (κ2) is 8.91. The molecule has 4 nitrogen and oxygen atoms in total. The lowest BCUT2D eigenvalue weighted by Crippen LogP contribution is -2.47. The third kappa shape index (κ3) is 5.02. The van der Waals surface area contributed by atoms with Crippen LogP contribution in [0.15, 0.2) is 72.3 Å². The van der Waals surface area contributed by atoms with Crippen molar-refractivity contribution in [1.29, 1.82) is 0 Å². The minimum Gasteiger partial charge on any atom is -0.456 e. The van der Waals surface area contributed by atoms with Crippen molar-refractivity contribution in [3.63, 3.8) is 0 Å². The summed E-state index contributed by atoms with van der Waals surface area (Å²) in [5.74, 6) is 4.80. The van der Waals surface area contributed by atoms with Crippen molar-refractivity contribution in [3.05, 3.63) is 83.4 Å². The number of ether oxygens (including phenoxy) is 1. The first-order chi connectivity index (χ1) is 13.5. The van der Waals surface area contributed by atoms with Crippen LogP contribution < -0.4 is 5.09 Å². The van der Waals surface area contributed by atoms with E-state index in [0.717, 1.165) is 35.2 Å². The van der Waals surface area contributed by atoms with E-state index in [1.165, 1.54) is 0 Å². The number of benzene rings is 2. The molecule has 0 aliphatic carbocycles. The second-order valence-corrected chi connectivity index (χ2v) is 9.67. The molecule has 0 unspecified atom stereocenters. The van der Waals surface area contributed by atoms with Gasteiger partial charge in [-0.3, -0.25) is 9.65 Å². The molecular formula is C23H30N2O2P+. The molecule has 0 fully saturated rings. The van der Waals surface area contributed by atoms with E-state index in [0.29, 0.717) is 18.1 Å². The van der Waals surface area contributed by atoms with Crippen LogP contribution in [0.3, 0.4) is 0 Å². The standard InChI is InChI=1S/C23H30N2O2P/c1-4-25(3,5-2)17-16-24-28(26)18-22(20-12-8-6-9-13-20)27-23(19-28)21-14-10-7-11-15-21/h6-15,18-19H,4-5,16-17H2,1-3H3,(H,24,26)/q+1. The summed E-state index contributed by atoms with van der Waals surface area (Å²) in [5.41, 5.74) is 1.85. The van der Waals surface area contributed by atoms with Crippen LogP contribution in [-0.4, -0.2) is 37.7 Å². The SMILES string of the molecule is CC[N+](C)(CC)CCNP1(=O)C=C(c2ccccc2)OC(c2ccccc2)=C1. The first kappa shape index (κ1) is 20.6. The Morgan fingerprint density at radius 3 is 1.75 bits per heavy atom. The molecule has 1 aliphatic rings. The molecule has 1 heterocycles. The van der Waals surface area contributed by atoms with Gasteiger partial charge in [-0.15, -0.1) is 0 Å². The average molecular weight is 397 g/mol. The first-order valence-electron chi connectivity index (χ1n) is 9.89. The van der Waals surface area contributed by atoms with Crippen molar-refractivity contribution in [3.8, 4) is 0 Å². The maximum atomic E-state index is 13.7. The Morgan fingerprint density at radius 1 is 0.857 bits per heavy atom. The lowest BCUT2D eigenvalue weighted by Gasteiger charge is -2.32. The van der Waals surface area contributed by atoms with Crippen LogP contribution in [0.2, 0.25) is 0 Å². The minimum absolute atomic E-state index is 0.640. The summed E-state index contributed by atoms with van der Waals surface area (Å²) in [7, 11) is -0.639. The van der Waals surface area contributed by atoms with E-state index in [4.69, 9.17) is 4.74 Å². The van der Waals surface area contributed by atoms with Gasteiger partial charge in [-0.25, -0.2) is 0 Å². The van der Waals surface area contributed by atoms with Crippen LogP contribution in [0.25, 0.3) is 11.5 Å². The van der Waals surface area contributed by atoms with Crippen molar-refractivity contribution >= 4 is 18.8 Å². The molecule has 0 bridgehead atoms. The number of likely N-dealkylation sites (N-methyl/N-ethyl adjacent to an activating group) is 1. The van der Waals surface area contributed by atoms with Gasteiger partial charge in [0, 0.05) is 22.8 Å². The Morgan fingerprint density at radius 2 is 1.32 bits per heavy atom. The monoisotopic (exact) mass is 397 g/mol. The largest absolute Gasteiger partial charge is 0.456 e. The Labute approximate surface area is 168 Å². The van der Waals surface area contributed by atoms with Crippen LogP contribution in [0.5, 0.6) is 0 Å². The Balaban J connectivity index is 1.88. The summed E-state index contributed by atoms with van der Waals surface area (Å²) >= 11 is 0. The fraction of sp³-hybridized carbons (Fsp3) is 0.304. The molecule has 2 aromatic rings. The molecule has 1 aliphatic heterocycles. The zero-order valence-electron chi connectivity index (χ0n) is 17.0. The van der Waals surface area contributed by atoms with Crippen LogP contribution >= 0.6 is 7.29 Å². The molecule has 0 spiro atoms. The minimum atomic E-state index is -2.87. The van der Waals surface area contributed by atoms with Crippen molar-refractivity contribution < 1.29 is 13.8 Å². The lowest BCUT2D eigenvalue weighted by atomic mass is 10.2. The van der Waals surface area contributed by atoms with E-state index in [-0.39, 0.29) is 0 Å². The summed E-state index contributed by atoms with van der Waals surface area (Å²) in [6, 6.07) is 19.7. The predicted octanol–water partition coefficient (Wildman–Crippen LogP) is 5.37. The number of rotatable bonds is 8. The molecule has 0 atom stereocenters. The fourth-order valence-corrected chi connectivity index (χ4v) is 4.96. The predicted molar refractivity (Wildman–Crippen MR) is 118 cm³/mol. The third-order valence-electron chi connectivity index (χ3n) is 5.49. The Kier molecular flexibility index (Phi) is 6.56. The molecule has 0 aromatic heterocycles. The van der Waals surface area contributed by atoms with Gasteiger partial charge in [0.1, 0.15) is 11.5 Å². The lowest BCUT2D eigenvalue weighted by molar-refractivity contribution is -0.904. The number of nitrogens with one attached hydrogen (secondary N) is 1. The Bertz CT molecular complexity index is 828. The summed E-state index contributed by atoms with van der Waals surface area (Å²) in [6.45, 7) is 8.12. The third-order valence-corrected chi connectivity index (χ3v) is 7.45. The van der Waals surface area contributed by atoms with Crippen LogP contribution in [0.4, 0.5) is 0 Å². The zero-order valence-corrected chi connectivity index (χ0v) is 17.9. The fourth-order valence-electron chi connectivity index (χ4n) is 3.15. The number of nitrogens with zero attached hydrogens (tertiary/aromatic N) is 1. The normalized spacial score (nSPS) is 16.1. The van der Waals surface area contributed by atoms with Gasteiger partial charge in [0.15, 0.2) is 7.29 Å².